The van der Waals surface area contributed by atoms with Crippen molar-refractivity contribution in [1.29, 1.82) is 0 Å². The first kappa shape index (κ1) is 15.0. The maximum atomic E-state index is 11.7. The molecule has 0 radical (unpaired) electrons. The van der Waals surface area contributed by atoms with Crippen molar-refractivity contribution < 1.29 is 9.90 Å². The molecule has 1 aliphatic rings. The van der Waals surface area contributed by atoms with Crippen LogP contribution in [0.15, 0.2) is 18.2 Å². The van der Waals surface area contributed by atoms with Crippen LogP contribution in [0.25, 0.3) is 0 Å². The molecule has 1 aromatic carbocycles. The molecule has 1 atom stereocenters. The molecular weight excluding hydrogens is 250 g/mol. The van der Waals surface area contributed by atoms with Gasteiger partial charge in [0, 0.05) is 6.54 Å². The predicted octanol–water partition coefficient (Wildman–Crippen LogP) is 3.38. The average molecular weight is 275 g/mol. The van der Waals surface area contributed by atoms with Crippen molar-refractivity contribution in [2.75, 3.05) is 6.54 Å². The van der Waals surface area contributed by atoms with Crippen LogP contribution in [-0.2, 0) is 11.3 Å². The number of aliphatic carboxylic acids is 1. The number of carboxylic acid groups (broad SMARTS) is 1. The predicted molar refractivity (Wildman–Crippen MR) is 80.8 cm³/mol. The molecule has 3 heteroatoms. The number of nitrogens with zero attached hydrogens (tertiary/aromatic N) is 1. The third kappa shape index (κ3) is 3.04. The molecule has 0 amide bonds. The number of rotatable bonds is 3. The summed E-state index contributed by atoms with van der Waals surface area (Å²) in [5.41, 5.74) is 3.55. The molecule has 110 valence electrons. The highest BCUT2D eigenvalue weighted by atomic mass is 16.4. The molecule has 1 N–H and O–H groups in total. The number of carboxylic acids is 1. The quantitative estimate of drug-likeness (QED) is 0.919. The Balaban J connectivity index is 2.26. The van der Waals surface area contributed by atoms with Gasteiger partial charge in [-0.2, -0.15) is 0 Å². The minimum atomic E-state index is -0.694. The van der Waals surface area contributed by atoms with Gasteiger partial charge in [0.2, 0.25) is 0 Å². The summed E-state index contributed by atoms with van der Waals surface area (Å²) in [6.45, 7) is 9.92. The first-order valence-corrected chi connectivity index (χ1v) is 7.34. The zero-order valence-electron chi connectivity index (χ0n) is 12.9. The summed E-state index contributed by atoms with van der Waals surface area (Å²) in [5, 5.41) is 9.60. The largest absolute Gasteiger partial charge is 0.480 e. The first-order valence-electron chi connectivity index (χ1n) is 7.34. The normalized spacial score (nSPS) is 22.7. The summed E-state index contributed by atoms with van der Waals surface area (Å²) < 4.78 is 0. The fourth-order valence-electron chi connectivity index (χ4n) is 3.35. The van der Waals surface area contributed by atoms with Gasteiger partial charge in [0.05, 0.1) is 0 Å². The molecule has 1 unspecified atom stereocenters. The lowest BCUT2D eigenvalue weighted by Gasteiger charge is -2.44. The molecule has 1 fully saturated rings. The van der Waals surface area contributed by atoms with E-state index in [2.05, 4.69) is 50.8 Å². The van der Waals surface area contributed by atoms with Crippen LogP contribution in [-0.4, -0.2) is 28.6 Å². The van der Waals surface area contributed by atoms with Crippen LogP contribution < -0.4 is 0 Å². The van der Waals surface area contributed by atoms with E-state index >= 15 is 0 Å². The molecule has 1 aromatic rings. The summed E-state index contributed by atoms with van der Waals surface area (Å²) >= 11 is 0. The Labute approximate surface area is 121 Å². The van der Waals surface area contributed by atoms with E-state index in [-0.39, 0.29) is 5.41 Å². The molecule has 0 saturated carbocycles. The standard InChI is InChI=1S/C17H25NO2/c1-12-6-7-13(2)14(10-12)11-18-9-5-8-17(3,4)15(18)16(19)20/h6-7,10,15H,5,8-9,11H2,1-4H3,(H,19,20). The van der Waals surface area contributed by atoms with E-state index in [0.717, 1.165) is 25.9 Å². The van der Waals surface area contributed by atoms with E-state index in [9.17, 15) is 9.90 Å². The summed E-state index contributed by atoms with van der Waals surface area (Å²) in [6, 6.07) is 6.01. The number of likely N-dealkylation sites (tertiary alicyclic amines) is 1. The SMILES string of the molecule is Cc1ccc(C)c(CN2CCCC(C)(C)C2C(=O)O)c1. The second-order valence-electron chi connectivity index (χ2n) is 6.73. The van der Waals surface area contributed by atoms with Gasteiger partial charge in [-0.3, -0.25) is 9.69 Å². The highest BCUT2D eigenvalue weighted by Gasteiger charge is 2.42. The number of carbonyl (C=O) groups is 1. The van der Waals surface area contributed by atoms with Gasteiger partial charge in [0.15, 0.2) is 0 Å². The topological polar surface area (TPSA) is 40.5 Å². The lowest BCUT2D eigenvalue weighted by atomic mass is 9.76. The van der Waals surface area contributed by atoms with Crippen LogP contribution in [0.1, 0.15) is 43.4 Å². The van der Waals surface area contributed by atoms with Crippen LogP contribution in [0.4, 0.5) is 0 Å². The molecule has 0 spiro atoms. The van der Waals surface area contributed by atoms with Crippen molar-refractivity contribution in [2.24, 2.45) is 5.41 Å². The van der Waals surface area contributed by atoms with E-state index in [1.54, 1.807) is 0 Å². The summed E-state index contributed by atoms with van der Waals surface area (Å²) in [4.78, 5) is 13.8. The van der Waals surface area contributed by atoms with E-state index in [1.165, 1.54) is 16.7 Å². The van der Waals surface area contributed by atoms with Gasteiger partial charge < -0.3 is 5.11 Å². The van der Waals surface area contributed by atoms with Gasteiger partial charge in [-0.25, -0.2) is 0 Å². The zero-order chi connectivity index (χ0) is 14.9. The van der Waals surface area contributed by atoms with Crippen molar-refractivity contribution in [3.8, 4) is 0 Å². The number of hydrogen-bond acceptors (Lipinski definition) is 2. The highest BCUT2D eigenvalue weighted by molar-refractivity contribution is 5.74. The maximum absolute atomic E-state index is 11.7. The van der Waals surface area contributed by atoms with Gasteiger partial charge in [0.1, 0.15) is 6.04 Å². The van der Waals surface area contributed by atoms with Crippen LogP contribution in [0, 0.1) is 19.3 Å². The van der Waals surface area contributed by atoms with Crippen LogP contribution in [0.2, 0.25) is 0 Å². The van der Waals surface area contributed by atoms with E-state index < -0.39 is 12.0 Å². The van der Waals surface area contributed by atoms with Crippen molar-refractivity contribution in [1.82, 2.24) is 4.90 Å². The van der Waals surface area contributed by atoms with Crippen molar-refractivity contribution in [2.45, 2.75) is 53.1 Å². The monoisotopic (exact) mass is 275 g/mol. The number of benzene rings is 1. The van der Waals surface area contributed by atoms with E-state index in [4.69, 9.17) is 0 Å². The first-order chi connectivity index (χ1) is 9.31. The van der Waals surface area contributed by atoms with Crippen molar-refractivity contribution in [3.63, 3.8) is 0 Å². The Morgan fingerprint density at radius 3 is 2.75 bits per heavy atom. The lowest BCUT2D eigenvalue weighted by molar-refractivity contribution is -0.151. The number of piperidine rings is 1. The molecular formula is C17H25NO2. The fourth-order valence-corrected chi connectivity index (χ4v) is 3.35. The second kappa shape index (κ2) is 5.57. The van der Waals surface area contributed by atoms with E-state index in [1.807, 2.05) is 0 Å². The smallest absolute Gasteiger partial charge is 0.321 e. The molecule has 1 aliphatic heterocycles. The van der Waals surface area contributed by atoms with Crippen molar-refractivity contribution in [3.05, 3.63) is 34.9 Å². The van der Waals surface area contributed by atoms with Crippen LogP contribution >= 0.6 is 0 Å². The minimum absolute atomic E-state index is 0.165. The third-order valence-corrected chi connectivity index (χ3v) is 4.48. The Bertz CT molecular complexity index is 508. The number of aryl methyl sites for hydroxylation is 2. The Hall–Kier alpha value is -1.35. The molecule has 0 bridgehead atoms. The summed E-state index contributed by atoms with van der Waals surface area (Å²) in [6.07, 6.45) is 2.05. The molecule has 20 heavy (non-hydrogen) atoms. The van der Waals surface area contributed by atoms with Crippen molar-refractivity contribution >= 4 is 5.97 Å². The maximum Gasteiger partial charge on any atom is 0.321 e. The van der Waals surface area contributed by atoms with Crippen LogP contribution in [0.5, 0.6) is 0 Å². The van der Waals surface area contributed by atoms with E-state index in [0.29, 0.717) is 0 Å². The molecule has 2 rings (SSSR count). The third-order valence-electron chi connectivity index (χ3n) is 4.48. The molecule has 0 aliphatic carbocycles. The highest BCUT2D eigenvalue weighted by Crippen LogP contribution is 2.36. The molecule has 0 aromatic heterocycles. The summed E-state index contributed by atoms with van der Waals surface area (Å²) in [7, 11) is 0. The minimum Gasteiger partial charge on any atom is -0.480 e. The Morgan fingerprint density at radius 2 is 2.10 bits per heavy atom. The summed E-state index contributed by atoms with van der Waals surface area (Å²) in [5.74, 6) is -0.694. The van der Waals surface area contributed by atoms with Gasteiger partial charge >= 0.3 is 5.97 Å². The molecule has 3 nitrogen and oxygen atoms in total. The van der Waals surface area contributed by atoms with Crippen LogP contribution in [0.3, 0.4) is 0 Å². The Morgan fingerprint density at radius 1 is 1.40 bits per heavy atom. The zero-order valence-corrected chi connectivity index (χ0v) is 12.9. The average Bonchev–Trinajstić information content (AvgIpc) is 2.32. The molecule has 1 saturated heterocycles. The Kier molecular flexibility index (Phi) is 4.19. The molecule has 1 heterocycles. The number of hydrogen-bond donors (Lipinski definition) is 1. The van der Waals surface area contributed by atoms with Gasteiger partial charge in [-0.05, 0) is 49.8 Å². The van der Waals surface area contributed by atoms with Gasteiger partial charge in [-0.1, -0.05) is 37.6 Å². The second-order valence-corrected chi connectivity index (χ2v) is 6.73. The lowest BCUT2D eigenvalue weighted by Crippen LogP contribution is -2.53. The fraction of sp³-hybridized carbons (Fsp3) is 0.588. The van der Waals surface area contributed by atoms with Gasteiger partial charge in [-0.15, -0.1) is 0 Å². The van der Waals surface area contributed by atoms with Gasteiger partial charge in [0.25, 0.3) is 0 Å².